The monoisotopic (exact) mass is 404 g/mol. The maximum atomic E-state index is 12.5. The van der Waals surface area contributed by atoms with Crippen LogP contribution < -0.4 is 14.8 Å². The first-order valence-electron chi connectivity index (χ1n) is 9.89. The molecule has 0 aromatic heterocycles. The van der Waals surface area contributed by atoms with Gasteiger partial charge in [-0.05, 0) is 57.7 Å². The number of hydrogen-bond acceptors (Lipinski definition) is 5. The summed E-state index contributed by atoms with van der Waals surface area (Å²) >= 11 is 0. The van der Waals surface area contributed by atoms with Crippen molar-refractivity contribution in [3.8, 4) is 11.5 Å². The minimum Gasteiger partial charge on any atom is -0.493 e. The Morgan fingerprint density at radius 1 is 1.24 bits per heavy atom. The number of benzene rings is 1. The van der Waals surface area contributed by atoms with Crippen molar-refractivity contribution >= 4 is 12.0 Å². The molecular formula is C22H32N2O5. The lowest BCUT2D eigenvalue weighted by atomic mass is 10.1. The van der Waals surface area contributed by atoms with Crippen molar-refractivity contribution < 1.29 is 23.8 Å². The van der Waals surface area contributed by atoms with Crippen LogP contribution in [0.3, 0.4) is 0 Å². The molecule has 1 aromatic rings. The van der Waals surface area contributed by atoms with Crippen LogP contribution in [0.5, 0.6) is 11.5 Å². The third kappa shape index (κ3) is 7.33. The molecule has 1 aromatic carbocycles. The van der Waals surface area contributed by atoms with Crippen molar-refractivity contribution in [2.24, 2.45) is 0 Å². The van der Waals surface area contributed by atoms with Crippen LogP contribution in [0.1, 0.15) is 39.2 Å². The molecule has 0 radical (unpaired) electrons. The zero-order chi connectivity index (χ0) is 21.4. The Kier molecular flexibility index (Phi) is 7.93. The molecule has 1 aliphatic heterocycles. The third-order valence-electron chi connectivity index (χ3n) is 4.53. The van der Waals surface area contributed by atoms with Gasteiger partial charge >= 0.3 is 6.09 Å². The fourth-order valence-electron chi connectivity index (χ4n) is 3.10. The van der Waals surface area contributed by atoms with Crippen LogP contribution in [0.2, 0.25) is 0 Å². The predicted molar refractivity (Wildman–Crippen MR) is 111 cm³/mol. The molecule has 7 nitrogen and oxygen atoms in total. The van der Waals surface area contributed by atoms with E-state index in [4.69, 9.17) is 14.2 Å². The number of carbonyl (C=O) groups excluding carboxylic acids is 2. The minimum atomic E-state index is -0.525. The number of ether oxygens (including phenoxy) is 3. The Hall–Kier alpha value is -2.70. The molecular weight excluding hydrogens is 372 g/mol. The predicted octanol–water partition coefficient (Wildman–Crippen LogP) is 3.32. The second-order valence-corrected chi connectivity index (χ2v) is 8.07. The van der Waals surface area contributed by atoms with Gasteiger partial charge in [-0.15, -0.1) is 6.58 Å². The first-order valence-corrected chi connectivity index (χ1v) is 9.89. The lowest BCUT2D eigenvalue weighted by Crippen LogP contribution is -2.48. The molecule has 1 N–H and O–H groups in total. The topological polar surface area (TPSA) is 77.1 Å². The molecule has 0 aliphatic carbocycles. The lowest BCUT2D eigenvalue weighted by Gasteiger charge is -2.32. The zero-order valence-electron chi connectivity index (χ0n) is 17.8. The number of allylic oxidation sites excluding steroid dienone is 1. The van der Waals surface area contributed by atoms with E-state index in [2.05, 4.69) is 11.9 Å². The van der Waals surface area contributed by atoms with E-state index < -0.39 is 11.7 Å². The number of likely N-dealkylation sites (tertiary alicyclic amines) is 1. The second kappa shape index (κ2) is 10.2. The molecule has 1 saturated heterocycles. The van der Waals surface area contributed by atoms with Gasteiger partial charge in [-0.25, -0.2) is 4.79 Å². The molecule has 0 unspecified atom stereocenters. The van der Waals surface area contributed by atoms with Crippen LogP contribution in [-0.4, -0.2) is 55.3 Å². The Bertz CT molecular complexity index is 718. The van der Waals surface area contributed by atoms with Gasteiger partial charge in [-0.3, -0.25) is 4.79 Å². The number of piperidine rings is 1. The third-order valence-corrected chi connectivity index (χ3v) is 4.53. The van der Waals surface area contributed by atoms with E-state index in [1.807, 2.05) is 45.0 Å². The van der Waals surface area contributed by atoms with Gasteiger partial charge in [0.1, 0.15) is 5.60 Å². The summed E-state index contributed by atoms with van der Waals surface area (Å²) in [6.45, 7) is 10.3. The molecule has 2 rings (SSSR count). The van der Waals surface area contributed by atoms with Gasteiger partial charge in [-0.1, -0.05) is 12.1 Å². The summed E-state index contributed by atoms with van der Waals surface area (Å²) < 4.78 is 16.3. The van der Waals surface area contributed by atoms with Crippen molar-refractivity contribution in [2.75, 3.05) is 26.8 Å². The number of alkyl carbamates (subject to hydrolysis) is 1. The summed E-state index contributed by atoms with van der Waals surface area (Å²) in [4.78, 5) is 26.1. The van der Waals surface area contributed by atoms with Crippen LogP contribution in [0.25, 0.3) is 0 Å². The quantitative estimate of drug-likeness (QED) is 0.706. The number of hydrogen-bond donors (Lipinski definition) is 1. The first-order chi connectivity index (χ1) is 13.7. The van der Waals surface area contributed by atoms with E-state index in [9.17, 15) is 9.59 Å². The van der Waals surface area contributed by atoms with Gasteiger partial charge in [0, 0.05) is 19.1 Å². The maximum absolute atomic E-state index is 12.5. The molecule has 0 atom stereocenters. The van der Waals surface area contributed by atoms with Gasteiger partial charge < -0.3 is 24.4 Å². The van der Waals surface area contributed by atoms with Crippen LogP contribution >= 0.6 is 0 Å². The van der Waals surface area contributed by atoms with Gasteiger partial charge in [0.2, 0.25) is 0 Å². The van der Waals surface area contributed by atoms with E-state index in [0.29, 0.717) is 37.4 Å². The molecule has 160 valence electrons. The number of carbonyl (C=O) groups is 2. The largest absolute Gasteiger partial charge is 0.493 e. The highest BCUT2D eigenvalue weighted by molar-refractivity contribution is 5.78. The standard InChI is InChI=1S/C22H32N2O5/c1-6-7-16-8-9-18(19(14-16)27-5)28-15-20(25)24-12-10-17(11-13-24)23-21(26)29-22(2,3)4/h6,8-9,14,17H,1,7,10-13,15H2,2-5H3,(H,23,26). The van der Waals surface area contributed by atoms with Crippen LogP contribution in [0, 0.1) is 0 Å². The summed E-state index contributed by atoms with van der Waals surface area (Å²) in [5, 5.41) is 2.87. The Labute approximate surface area is 173 Å². The summed E-state index contributed by atoms with van der Waals surface area (Å²) in [6.07, 6.45) is 3.51. The molecule has 7 heteroatoms. The average Bonchev–Trinajstić information content (AvgIpc) is 2.66. The Morgan fingerprint density at radius 3 is 2.52 bits per heavy atom. The van der Waals surface area contributed by atoms with E-state index in [1.54, 1.807) is 12.0 Å². The van der Waals surface area contributed by atoms with Crippen molar-refractivity contribution in [1.82, 2.24) is 10.2 Å². The van der Waals surface area contributed by atoms with Crippen LogP contribution in [0.15, 0.2) is 30.9 Å². The fourth-order valence-corrected chi connectivity index (χ4v) is 3.10. The molecule has 0 bridgehead atoms. The van der Waals surface area contributed by atoms with E-state index in [0.717, 1.165) is 12.0 Å². The molecule has 0 spiro atoms. The highest BCUT2D eigenvalue weighted by Crippen LogP contribution is 2.28. The molecule has 2 amide bonds. The highest BCUT2D eigenvalue weighted by atomic mass is 16.6. The number of methoxy groups -OCH3 is 1. The number of rotatable bonds is 7. The number of nitrogens with one attached hydrogen (secondary N) is 1. The summed E-state index contributed by atoms with van der Waals surface area (Å²) in [6, 6.07) is 5.63. The van der Waals surface area contributed by atoms with Crippen LogP contribution in [-0.2, 0) is 16.0 Å². The van der Waals surface area contributed by atoms with E-state index >= 15 is 0 Å². The first kappa shape index (κ1) is 22.6. The van der Waals surface area contributed by atoms with Gasteiger partial charge in [0.25, 0.3) is 5.91 Å². The smallest absolute Gasteiger partial charge is 0.407 e. The fraction of sp³-hybridized carbons (Fsp3) is 0.545. The lowest BCUT2D eigenvalue weighted by molar-refractivity contribution is -0.134. The summed E-state index contributed by atoms with van der Waals surface area (Å²) in [7, 11) is 1.57. The number of amides is 2. The van der Waals surface area contributed by atoms with Gasteiger partial charge in [0.15, 0.2) is 18.1 Å². The summed E-state index contributed by atoms with van der Waals surface area (Å²) in [5.74, 6) is 1.05. The van der Waals surface area contributed by atoms with Crippen molar-refractivity contribution in [1.29, 1.82) is 0 Å². The molecule has 1 heterocycles. The van der Waals surface area contributed by atoms with Crippen molar-refractivity contribution in [3.63, 3.8) is 0 Å². The van der Waals surface area contributed by atoms with Crippen molar-refractivity contribution in [2.45, 2.75) is 51.7 Å². The molecule has 1 fully saturated rings. The molecule has 1 aliphatic rings. The SMILES string of the molecule is C=CCc1ccc(OCC(=O)N2CCC(NC(=O)OC(C)(C)C)CC2)c(OC)c1. The van der Waals surface area contributed by atoms with Crippen molar-refractivity contribution in [3.05, 3.63) is 36.4 Å². The van der Waals surface area contributed by atoms with Gasteiger partial charge in [-0.2, -0.15) is 0 Å². The number of nitrogens with zero attached hydrogens (tertiary/aromatic N) is 1. The Balaban J connectivity index is 1.80. The van der Waals surface area contributed by atoms with E-state index in [1.165, 1.54) is 0 Å². The second-order valence-electron chi connectivity index (χ2n) is 8.07. The van der Waals surface area contributed by atoms with E-state index in [-0.39, 0.29) is 18.6 Å². The summed E-state index contributed by atoms with van der Waals surface area (Å²) in [5.41, 5.74) is 0.540. The van der Waals surface area contributed by atoms with Crippen LogP contribution in [0.4, 0.5) is 4.79 Å². The highest BCUT2D eigenvalue weighted by Gasteiger charge is 2.26. The zero-order valence-corrected chi connectivity index (χ0v) is 17.8. The average molecular weight is 405 g/mol. The molecule has 0 saturated carbocycles. The molecule has 29 heavy (non-hydrogen) atoms. The normalized spacial score (nSPS) is 14.8. The minimum absolute atomic E-state index is 0.00677. The Morgan fingerprint density at radius 2 is 1.93 bits per heavy atom. The maximum Gasteiger partial charge on any atom is 0.407 e. The van der Waals surface area contributed by atoms with Gasteiger partial charge in [0.05, 0.1) is 7.11 Å².